The number of likely N-dealkylation sites (tertiary alicyclic amines) is 1. The van der Waals surface area contributed by atoms with Gasteiger partial charge in [0.25, 0.3) is 0 Å². The van der Waals surface area contributed by atoms with Gasteiger partial charge in [-0.25, -0.2) is 4.90 Å². The van der Waals surface area contributed by atoms with E-state index in [1.54, 1.807) is 48.2 Å². The predicted octanol–water partition coefficient (Wildman–Crippen LogP) is 6.22. The molecule has 3 fully saturated rings. The maximum atomic E-state index is 14.9. The van der Waals surface area contributed by atoms with E-state index in [2.05, 4.69) is 0 Å². The average molecular weight is 759 g/mol. The second-order valence-electron chi connectivity index (χ2n) is 14.9. The molecule has 276 valence electrons. The molecule has 12 nitrogen and oxygen atoms in total. The number of hydrogen-bond donors (Lipinski definition) is 2. The fourth-order valence-corrected chi connectivity index (χ4v) is 10.7. The van der Waals surface area contributed by atoms with Gasteiger partial charge in [-0.05, 0) is 86.7 Å². The number of rotatable bonds is 10. The van der Waals surface area contributed by atoms with E-state index in [1.165, 1.54) is 9.80 Å². The summed E-state index contributed by atoms with van der Waals surface area (Å²) in [7, 11) is 1.70. The van der Waals surface area contributed by atoms with E-state index < -0.39 is 52.8 Å². The summed E-state index contributed by atoms with van der Waals surface area (Å²) in [5, 5.41) is 25.3. The maximum absolute atomic E-state index is 14.9. The van der Waals surface area contributed by atoms with Crippen LogP contribution in [0.2, 0.25) is 5.02 Å². The Bertz CT molecular complexity index is 2250. The third kappa shape index (κ3) is 5.41. The van der Waals surface area contributed by atoms with Crippen molar-refractivity contribution < 1.29 is 38.6 Å². The monoisotopic (exact) mass is 758 g/mol. The number of thiophene rings is 1. The molecule has 0 radical (unpaired) electrons. The molecule has 14 heteroatoms. The number of benzene rings is 1. The molecule has 5 heterocycles. The van der Waals surface area contributed by atoms with Crippen LogP contribution in [0.4, 0.5) is 5.82 Å². The summed E-state index contributed by atoms with van der Waals surface area (Å²) in [6.45, 7) is 3.63. The number of imide groups is 2. The summed E-state index contributed by atoms with van der Waals surface area (Å²) in [6.07, 6.45) is 4.01. The minimum atomic E-state index is -1.30. The molecule has 4 amide bonds. The van der Waals surface area contributed by atoms with E-state index in [0.717, 1.165) is 26.1 Å². The molecule has 2 aliphatic carbocycles. The molecule has 0 unspecified atom stereocenters. The zero-order valence-electron chi connectivity index (χ0n) is 29.5. The van der Waals surface area contributed by atoms with E-state index in [9.17, 15) is 29.1 Å². The lowest BCUT2D eigenvalue weighted by atomic mass is 9.52. The minimum Gasteiger partial charge on any atom is -0.481 e. The van der Waals surface area contributed by atoms with Gasteiger partial charge >= 0.3 is 5.97 Å². The number of hydrogen-bond acceptors (Lipinski definition) is 9. The average Bonchev–Trinajstić information content (AvgIpc) is 3.92. The summed E-state index contributed by atoms with van der Waals surface area (Å²) in [5.41, 5.74) is 1.10. The molecular formula is C39H39ClN4O8S. The molecule has 2 aliphatic heterocycles. The Hall–Kier alpha value is -4.59. The fourth-order valence-electron chi connectivity index (χ4n) is 9.39. The predicted molar refractivity (Wildman–Crippen MR) is 196 cm³/mol. The molecule has 2 saturated heterocycles. The number of halogens is 1. The number of anilines is 1. The SMILES string of the molecule is Cc1c(-c2cc(N3C(=O)[C@@H]4C[C@@H]5C(=CC[C@@H]6C(=O)N(CCCCCC(=O)O)C(=O)[C@@H]65)[C@H](c5ccc(CO)o5)[C@]4(C)C3=O)n(C)n2)sc2ccc(Cl)cc12. The van der Waals surface area contributed by atoms with Gasteiger partial charge < -0.3 is 14.6 Å². The Morgan fingerprint density at radius 2 is 1.85 bits per heavy atom. The number of aliphatic carboxylic acids is 1. The smallest absolute Gasteiger partial charge is 0.303 e. The van der Waals surface area contributed by atoms with Gasteiger partial charge in [0.2, 0.25) is 23.6 Å². The summed E-state index contributed by atoms with van der Waals surface area (Å²) >= 11 is 7.85. The van der Waals surface area contributed by atoms with Gasteiger partial charge in [-0.1, -0.05) is 29.7 Å². The summed E-state index contributed by atoms with van der Waals surface area (Å²) in [4.78, 5) is 71.8. The number of amides is 4. The Kier molecular flexibility index (Phi) is 8.74. The number of aliphatic hydroxyl groups excluding tert-OH is 1. The van der Waals surface area contributed by atoms with Crippen molar-refractivity contribution in [3.63, 3.8) is 0 Å². The Balaban J connectivity index is 1.16. The van der Waals surface area contributed by atoms with Crippen molar-refractivity contribution in [3.05, 3.63) is 70.2 Å². The lowest BCUT2D eigenvalue weighted by Crippen LogP contribution is -2.48. The topological polar surface area (TPSA) is 163 Å². The third-order valence-corrected chi connectivity index (χ3v) is 13.5. The highest BCUT2D eigenvalue weighted by atomic mass is 35.5. The Morgan fingerprint density at radius 3 is 2.58 bits per heavy atom. The van der Waals surface area contributed by atoms with E-state index >= 15 is 0 Å². The molecule has 8 rings (SSSR count). The third-order valence-electron chi connectivity index (χ3n) is 12.0. The highest BCUT2D eigenvalue weighted by Gasteiger charge is 2.68. The van der Waals surface area contributed by atoms with Gasteiger partial charge in [0.15, 0.2) is 0 Å². The minimum absolute atomic E-state index is 0.0266. The van der Waals surface area contributed by atoms with Gasteiger partial charge in [0.05, 0.1) is 34.0 Å². The van der Waals surface area contributed by atoms with Crippen molar-refractivity contribution in [2.75, 3.05) is 11.4 Å². The standard InChI is InChI=1S/C39H39ClN4O8S/c1-19-24-15-20(40)8-13-29(24)53-34(19)27-17-30(42(3)41-27)44-36(49)26-16-25-22(33(39(26,2)38(44)51)28-12-9-21(18-45)52-28)10-11-23-32(25)37(50)43(35(23)48)14-6-4-5-7-31(46)47/h8-10,12-13,15,17,23,25-26,32-33,45H,4-7,11,14,16,18H2,1-3H3,(H,46,47)/t23-,25+,26-,32-,33+,39+/m0/s1. The number of carboxylic acid groups (broad SMARTS) is 1. The maximum Gasteiger partial charge on any atom is 0.303 e. The van der Waals surface area contributed by atoms with Crippen molar-refractivity contribution in [2.24, 2.45) is 36.1 Å². The first-order chi connectivity index (χ1) is 25.3. The summed E-state index contributed by atoms with van der Waals surface area (Å²) in [6, 6.07) is 10.8. The van der Waals surface area contributed by atoms with Gasteiger partial charge in [0.1, 0.15) is 29.6 Å². The van der Waals surface area contributed by atoms with Crippen molar-refractivity contribution in [1.29, 1.82) is 0 Å². The largest absolute Gasteiger partial charge is 0.481 e. The number of furan rings is 1. The van der Waals surface area contributed by atoms with Crippen molar-refractivity contribution in [3.8, 4) is 10.6 Å². The van der Waals surface area contributed by atoms with Crippen LogP contribution in [-0.4, -0.2) is 61.0 Å². The number of aryl methyl sites for hydroxylation is 2. The highest BCUT2D eigenvalue weighted by molar-refractivity contribution is 7.22. The van der Waals surface area contributed by atoms with E-state index in [-0.39, 0.29) is 37.8 Å². The van der Waals surface area contributed by atoms with Crippen LogP contribution in [0.3, 0.4) is 0 Å². The molecule has 4 aromatic rings. The number of unbranched alkanes of at least 4 members (excludes halogenated alkanes) is 2. The van der Waals surface area contributed by atoms with Crippen molar-refractivity contribution >= 4 is 68.4 Å². The number of fused-ring (bicyclic) bond motifs is 5. The molecule has 1 saturated carbocycles. The first-order valence-corrected chi connectivity index (χ1v) is 19.1. The number of allylic oxidation sites excluding steroid dienone is 2. The molecule has 6 atom stereocenters. The molecule has 0 bridgehead atoms. The number of nitrogens with zero attached hydrogens (tertiary/aromatic N) is 4. The zero-order chi connectivity index (χ0) is 37.5. The lowest BCUT2D eigenvalue weighted by molar-refractivity contribution is -0.141. The number of aliphatic hydroxyl groups is 1. The quantitative estimate of drug-likeness (QED) is 0.109. The van der Waals surface area contributed by atoms with Crippen LogP contribution in [0.5, 0.6) is 0 Å². The molecule has 0 spiro atoms. The van der Waals surface area contributed by atoms with Crippen LogP contribution in [-0.2, 0) is 37.6 Å². The van der Waals surface area contributed by atoms with E-state index in [0.29, 0.717) is 53.7 Å². The normalized spacial score (nSPS) is 26.7. The van der Waals surface area contributed by atoms with Crippen LogP contribution in [0, 0.1) is 36.0 Å². The zero-order valence-corrected chi connectivity index (χ0v) is 31.1. The molecule has 2 N–H and O–H groups in total. The number of aromatic nitrogens is 2. The first kappa shape index (κ1) is 35.4. The van der Waals surface area contributed by atoms with Gasteiger partial charge in [-0.2, -0.15) is 5.10 Å². The molecule has 1 aromatic carbocycles. The van der Waals surface area contributed by atoms with Gasteiger partial charge in [0, 0.05) is 35.8 Å². The van der Waals surface area contributed by atoms with Crippen LogP contribution in [0.25, 0.3) is 20.7 Å². The fraction of sp³-hybridized carbons (Fsp3) is 0.436. The second kappa shape index (κ2) is 13.1. The van der Waals surface area contributed by atoms with E-state index in [4.69, 9.17) is 26.2 Å². The highest BCUT2D eigenvalue weighted by Crippen LogP contribution is 2.63. The van der Waals surface area contributed by atoms with Crippen LogP contribution in [0.15, 0.2) is 52.5 Å². The van der Waals surface area contributed by atoms with E-state index in [1.807, 2.05) is 31.2 Å². The summed E-state index contributed by atoms with van der Waals surface area (Å²) < 4.78 is 8.71. The van der Waals surface area contributed by atoms with Crippen LogP contribution >= 0.6 is 22.9 Å². The second-order valence-corrected chi connectivity index (χ2v) is 16.4. The van der Waals surface area contributed by atoms with Gasteiger partial charge in [-0.15, -0.1) is 11.3 Å². The first-order valence-electron chi connectivity index (χ1n) is 17.9. The van der Waals surface area contributed by atoms with Crippen LogP contribution in [0.1, 0.15) is 68.5 Å². The van der Waals surface area contributed by atoms with Crippen LogP contribution < -0.4 is 4.90 Å². The van der Waals surface area contributed by atoms with Crippen molar-refractivity contribution in [2.45, 2.75) is 64.9 Å². The Morgan fingerprint density at radius 1 is 1.06 bits per heavy atom. The molecule has 53 heavy (non-hydrogen) atoms. The molecular weight excluding hydrogens is 720 g/mol. The summed E-state index contributed by atoms with van der Waals surface area (Å²) in [5.74, 6) is -4.57. The number of carboxylic acids is 1. The lowest BCUT2D eigenvalue weighted by Gasteiger charge is -2.48. The molecule has 3 aromatic heterocycles. The van der Waals surface area contributed by atoms with Gasteiger partial charge in [-0.3, -0.25) is 33.6 Å². The Labute approximate surface area is 314 Å². The number of carbonyl (C=O) groups is 5. The van der Waals surface area contributed by atoms with Crippen molar-refractivity contribution in [1.82, 2.24) is 14.7 Å². The number of carbonyl (C=O) groups excluding carboxylic acids is 4. The molecule has 4 aliphatic rings.